The average molecular weight is 409 g/mol. The quantitative estimate of drug-likeness (QED) is 0.455. The smallest absolute Gasteiger partial charge is 0.252 e. The van der Waals surface area contributed by atoms with Crippen LogP contribution in [0.25, 0.3) is 5.70 Å². The molecule has 0 radical (unpaired) electrons. The highest BCUT2D eigenvalue weighted by Crippen LogP contribution is 2.41. The first-order valence-electron chi connectivity index (χ1n) is 10.2. The van der Waals surface area contributed by atoms with Gasteiger partial charge in [0, 0.05) is 31.7 Å². The summed E-state index contributed by atoms with van der Waals surface area (Å²) < 4.78 is 12.0. The predicted molar refractivity (Wildman–Crippen MR) is 116 cm³/mol. The fourth-order valence-corrected chi connectivity index (χ4v) is 3.72. The maximum absolute atomic E-state index is 12.2. The van der Waals surface area contributed by atoms with E-state index in [0.717, 1.165) is 34.4 Å². The molecule has 4 rings (SSSR count). The molecule has 2 aliphatic rings. The second-order valence-electron chi connectivity index (χ2n) is 8.06. The Morgan fingerprint density at radius 2 is 2.00 bits per heavy atom. The molecule has 2 aromatic rings. The van der Waals surface area contributed by atoms with Crippen molar-refractivity contribution in [3.63, 3.8) is 0 Å². The monoisotopic (exact) mass is 408 g/mol. The first-order valence-corrected chi connectivity index (χ1v) is 10.2. The second-order valence-corrected chi connectivity index (χ2v) is 8.06. The van der Waals surface area contributed by atoms with E-state index in [9.17, 15) is 4.79 Å². The van der Waals surface area contributed by atoms with Gasteiger partial charge in [0.25, 0.3) is 5.91 Å². The van der Waals surface area contributed by atoms with Gasteiger partial charge >= 0.3 is 0 Å². The number of ether oxygens (including phenoxy) is 2. The molecule has 1 amide bonds. The molecule has 0 aromatic heterocycles. The minimum atomic E-state index is -0.476. The number of nitrogens with zero attached hydrogens (tertiary/aromatic N) is 1. The van der Waals surface area contributed by atoms with E-state index in [1.54, 1.807) is 13.2 Å². The number of fused-ring (bicyclic) bond motifs is 1. The summed E-state index contributed by atoms with van der Waals surface area (Å²) in [5.41, 5.74) is 16.6. The zero-order chi connectivity index (χ0) is 21.3. The molecule has 0 atom stereocenters. The lowest BCUT2D eigenvalue weighted by Gasteiger charge is -2.17. The summed E-state index contributed by atoms with van der Waals surface area (Å²) in [6.07, 6.45) is 5.36. The maximum Gasteiger partial charge on any atom is 0.252 e. The Kier molecular flexibility index (Phi) is 5.55. The van der Waals surface area contributed by atoms with E-state index in [-0.39, 0.29) is 0 Å². The van der Waals surface area contributed by atoms with Crippen molar-refractivity contribution in [2.45, 2.75) is 25.7 Å². The maximum atomic E-state index is 12.2. The van der Waals surface area contributed by atoms with Crippen LogP contribution >= 0.6 is 0 Å². The molecule has 0 saturated heterocycles. The molecule has 0 spiro atoms. The number of amides is 1. The second kappa shape index (κ2) is 8.28. The number of rotatable bonds is 8. The summed E-state index contributed by atoms with van der Waals surface area (Å²) in [4.78, 5) is 12.2. The summed E-state index contributed by atoms with van der Waals surface area (Å²) in [5, 5.41) is 1.42. The highest BCUT2D eigenvalue weighted by Gasteiger charge is 2.29. The van der Waals surface area contributed by atoms with Crippen LogP contribution in [0, 0.1) is 5.92 Å². The topological polar surface area (TPSA) is 117 Å². The summed E-state index contributed by atoms with van der Waals surface area (Å²) in [6, 6.07) is 9.74. The Morgan fingerprint density at radius 3 is 2.63 bits per heavy atom. The SMILES string of the molecule is CN(N)/C=C(\N)c1ccc(Cc2cc(C(N)=O)c(OCC3CC3)c3c2OCC3)cc1. The van der Waals surface area contributed by atoms with Gasteiger partial charge in [-0.05, 0) is 41.5 Å². The van der Waals surface area contributed by atoms with Gasteiger partial charge in [-0.3, -0.25) is 4.79 Å². The summed E-state index contributed by atoms with van der Waals surface area (Å²) in [7, 11) is 1.72. The van der Waals surface area contributed by atoms with Crippen LogP contribution in [0.5, 0.6) is 11.5 Å². The number of hydrogen-bond donors (Lipinski definition) is 3. The van der Waals surface area contributed by atoms with Gasteiger partial charge in [0.15, 0.2) is 0 Å². The molecule has 1 fully saturated rings. The molecule has 7 heteroatoms. The molecule has 158 valence electrons. The third-order valence-corrected chi connectivity index (χ3v) is 5.45. The largest absolute Gasteiger partial charge is 0.493 e. The first kappa shape index (κ1) is 20.1. The molecular weight excluding hydrogens is 380 g/mol. The van der Waals surface area contributed by atoms with Gasteiger partial charge < -0.3 is 25.9 Å². The van der Waals surface area contributed by atoms with E-state index < -0.39 is 5.91 Å². The zero-order valence-corrected chi connectivity index (χ0v) is 17.2. The van der Waals surface area contributed by atoms with E-state index in [0.29, 0.717) is 42.6 Å². The molecule has 7 nitrogen and oxygen atoms in total. The molecule has 30 heavy (non-hydrogen) atoms. The number of carbonyl (C=O) groups is 1. The van der Waals surface area contributed by atoms with Gasteiger partial charge in [0.2, 0.25) is 0 Å². The van der Waals surface area contributed by atoms with Gasteiger partial charge in [-0.2, -0.15) is 0 Å². The molecular formula is C23H28N4O3. The van der Waals surface area contributed by atoms with Crippen molar-refractivity contribution in [1.29, 1.82) is 0 Å². The van der Waals surface area contributed by atoms with Gasteiger partial charge in [0.1, 0.15) is 11.5 Å². The van der Waals surface area contributed by atoms with Crippen molar-refractivity contribution < 1.29 is 14.3 Å². The van der Waals surface area contributed by atoms with E-state index in [1.165, 1.54) is 17.9 Å². The number of hydrogen-bond acceptors (Lipinski definition) is 6. The lowest BCUT2D eigenvalue weighted by Crippen LogP contribution is -2.20. The van der Waals surface area contributed by atoms with Crippen molar-refractivity contribution in [2.24, 2.45) is 23.2 Å². The molecule has 1 heterocycles. The van der Waals surface area contributed by atoms with Crippen LogP contribution in [-0.4, -0.2) is 31.2 Å². The molecule has 6 N–H and O–H groups in total. The number of carbonyl (C=O) groups excluding carboxylic acids is 1. The number of benzene rings is 2. The van der Waals surface area contributed by atoms with Crippen molar-refractivity contribution >= 4 is 11.6 Å². The Labute approximate surface area is 176 Å². The summed E-state index contributed by atoms with van der Waals surface area (Å²) in [6.45, 7) is 1.21. The van der Waals surface area contributed by atoms with E-state index in [1.807, 2.05) is 30.3 Å². The molecule has 1 aliphatic carbocycles. The van der Waals surface area contributed by atoms with Gasteiger partial charge in [-0.25, -0.2) is 5.84 Å². The molecule has 2 aromatic carbocycles. The highest BCUT2D eigenvalue weighted by atomic mass is 16.5. The van der Waals surface area contributed by atoms with Gasteiger partial charge in [0.05, 0.1) is 24.5 Å². The lowest BCUT2D eigenvalue weighted by atomic mass is 9.96. The van der Waals surface area contributed by atoms with Crippen LogP contribution in [-0.2, 0) is 12.8 Å². The van der Waals surface area contributed by atoms with Crippen molar-refractivity contribution in [3.8, 4) is 11.5 Å². The van der Waals surface area contributed by atoms with Crippen molar-refractivity contribution in [3.05, 3.63) is 64.3 Å². The Balaban J connectivity index is 1.62. The highest BCUT2D eigenvalue weighted by molar-refractivity contribution is 5.97. The number of primary amides is 1. The standard InChI is InChI=1S/C23H28N4O3/c1-27(26)12-20(24)16-6-4-14(5-7-16)10-17-11-19(23(25)28)22(30-13-15-2-3-15)18-8-9-29-21(17)18/h4-7,11-12,15H,2-3,8-10,13,24,26H2,1H3,(H2,25,28)/b20-12-. The average Bonchev–Trinajstić information content (AvgIpc) is 3.40. The Bertz CT molecular complexity index is 979. The molecule has 1 aliphatic heterocycles. The number of nitrogens with two attached hydrogens (primary N) is 3. The third kappa shape index (κ3) is 4.36. The normalized spacial score (nSPS) is 15.5. The minimum Gasteiger partial charge on any atom is -0.493 e. The van der Waals surface area contributed by atoms with Crippen LogP contribution in [0.4, 0.5) is 0 Å². The van der Waals surface area contributed by atoms with Crippen LogP contribution in [0.3, 0.4) is 0 Å². The molecule has 0 bridgehead atoms. The van der Waals surface area contributed by atoms with E-state index in [4.69, 9.17) is 26.8 Å². The van der Waals surface area contributed by atoms with Crippen LogP contribution in [0.15, 0.2) is 36.5 Å². The van der Waals surface area contributed by atoms with E-state index >= 15 is 0 Å². The third-order valence-electron chi connectivity index (χ3n) is 5.45. The molecule has 0 unspecified atom stereocenters. The minimum absolute atomic E-state index is 0.435. The van der Waals surface area contributed by atoms with Crippen LogP contribution in [0.2, 0.25) is 0 Å². The zero-order valence-electron chi connectivity index (χ0n) is 17.2. The van der Waals surface area contributed by atoms with Crippen LogP contribution in [0.1, 0.15) is 45.5 Å². The molecule has 1 saturated carbocycles. The van der Waals surface area contributed by atoms with E-state index in [2.05, 4.69) is 0 Å². The van der Waals surface area contributed by atoms with Crippen molar-refractivity contribution in [2.75, 3.05) is 20.3 Å². The summed E-state index contributed by atoms with van der Waals surface area (Å²) in [5.74, 6) is 7.15. The Morgan fingerprint density at radius 1 is 1.27 bits per heavy atom. The fraction of sp³-hybridized carbons (Fsp3) is 0.348. The van der Waals surface area contributed by atoms with Crippen molar-refractivity contribution in [1.82, 2.24) is 5.01 Å². The number of hydrazine groups is 1. The first-order chi connectivity index (χ1) is 14.4. The fourth-order valence-electron chi connectivity index (χ4n) is 3.72. The Hall–Kier alpha value is -3.19. The van der Waals surface area contributed by atoms with Gasteiger partial charge in [-0.15, -0.1) is 0 Å². The predicted octanol–water partition coefficient (Wildman–Crippen LogP) is 2.16. The summed E-state index contributed by atoms with van der Waals surface area (Å²) >= 11 is 0. The van der Waals surface area contributed by atoms with Gasteiger partial charge in [-0.1, -0.05) is 24.3 Å². The lowest BCUT2D eigenvalue weighted by molar-refractivity contribution is 0.0995. The van der Waals surface area contributed by atoms with Crippen LogP contribution < -0.4 is 26.8 Å².